The number of aliphatic carboxylic acids is 1. The van der Waals surface area contributed by atoms with Gasteiger partial charge in [0, 0.05) is 19.2 Å². The van der Waals surface area contributed by atoms with Gasteiger partial charge in [0.2, 0.25) is 0 Å². The highest BCUT2D eigenvalue weighted by molar-refractivity contribution is 5.87. The SMILES string of the molecule is CC(C)(C)OC(=O)c1ccn(CCCC(=O)O)n1. The van der Waals surface area contributed by atoms with E-state index in [9.17, 15) is 9.59 Å². The van der Waals surface area contributed by atoms with Crippen molar-refractivity contribution in [3.8, 4) is 0 Å². The zero-order valence-corrected chi connectivity index (χ0v) is 10.8. The van der Waals surface area contributed by atoms with Crippen molar-refractivity contribution in [3.05, 3.63) is 18.0 Å². The first kappa shape index (κ1) is 14.2. The minimum atomic E-state index is -0.838. The first-order valence-electron chi connectivity index (χ1n) is 5.76. The summed E-state index contributed by atoms with van der Waals surface area (Å²) in [5, 5.41) is 12.5. The van der Waals surface area contributed by atoms with E-state index in [1.54, 1.807) is 37.7 Å². The molecule has 1 aromatic heterocycles. The lowest BCUT2D eigenvalue weighted by Gasteiger charge is -2.18. The maximum absolute atomic E-state index is 11.7. The molecular weight excluding hydrogens is 236 g/mol. The minimum absolute atomic E-state index is 0.0850. The first-order valence-corrected chi connectivity index (χ1v) is 5.76. The number of carbonyl (C=O) groups excluding carboxylic acids is 1. The molecule has 0 unspecified atom stereocenters. The van der Waals surface area contributed by atoms with E-state index in [0.29, 0.717) is 13.0 Å². The number of esters is 1. The van der Waals surface area contributed by atoms with Crippen LogP contribution in [-0.2, 0) is 16.1 Å². The molecular formula is C12H18N2O4. The highest BCUT2D eigenvalue weighted by Crippen LogP contribution is 2.10. The molecule has 0 aliphatic carbocycles. The summed E-state index contributed by atoms with van der Waals surface area (Å²) in [6.07, 6.45) is 2.20. The molecule has 1 aromatic rings. The highest BCUT2D eigenvalue weighted by Gasteiger charge is 2.19. The molecule has 0 radical (unpaired) electrons. The highest BCUT2D eigenvalue weighted by atomic mass is 16.6. The van der Waals surface area contributed by atoms with Gasteiger partial charge in [0.05, 0.1) is 0 Å². The Morgan fingerprint density at radius 2 is 2.11 bits per heavy atom. The van der Waals surface area contributed by atoms with E-state index in [2.05, 4.69) is 5.10 Å². The van der Waals surface area contributed by atoms with Crippen molar-refractivity contribution in [2.24, 2.45) is 0 Å². The van der Waals surface area contributed by atoms with Crippen molar-refractivity contribution >= 4 is 11.9 Å². The molecule has 1 N–H and O–H groups in total. The Kier molecular flexibility index (Phi) is 4.47. The minimum Gasteiger partial charge on any atom is -0.481 e. The van der Waals surface area contributed by atoms with Crippen LogP contribution in [0.4, 0.5) is 0 Å². The second-order valence-corrected chi connectivity index (χ2v) is 4.96. The number of carboxylic acid groups (broad SMARTS) is 1. The number of carbonyl (C=O) groups is 2. The number of carboxylic acids is 1. The predicted molar refractivity (Wildman–Crippen MR) is 64.3 cm³/mol. The fourth-order valence-corrected chi connectivity index (χ4v) is 1.32. The molecule has 1 rings (SSSR count). The Morgan fingerprint density at radius 1 is 1.44 bits per heavy atom. The van der Waals surface area contributed by atoms with Crippen molar-refractivity contribution in [2.45, 2.75) is 45.8 Å². The van der Waals surface area contributed by atoms with Gasteiger partial charge in [0.1, 0.15) is 5.60 Å². The van der Waals surface area contributed by atoms with Crippen molar-refractivity contribution in [3.63, 3.8) is 0 Å². The summed E-state index contributed by atoms with van der Waals surface area (Å²) >= 11 is 0. The normalized spacial score (nSPS) is 11.3. The Morgan fingerprint density at radius 3 is 2.67 bits per heavy atom. The third-order valence-corrected chi connectivity index (χ3v) is 2.03. The van der Waals surface area contributed by atoms with Crippen LogP contribution in [0.25, 0.3) is 0 Å². The van der Waals surface area contributed by atoms with Gasteiger partial charge < -0.3 is 9.84 Å². The van der Waals surface area contributed by atoms with E-state index in [0.717, 1.165) is 0 Å². The van der Waals surface area contributed by atoms with Crippen LogP contribution in [0.5, 0.6) is 0 Å². The summed E-state index contributed by atoms with van der Waals surface area (Å²) in [6, 6.07) is 1.56. The lowest BCUT2D eigenvalue weighted by Crippen LogP contribution is -2.24. The number of rotatable bonds is 5. The summed E-state index contributed by atoms with van der Waals surface area (Å²) in [4.78, 5) is 22.0. The van der Waals surface area contributed by atoms with Crippen LogP contribution in [0.2, 0.25) is 0 Å². The van der Waals surface area contributed by atoms with Crippen LogP contribution in [0, 0.1) is 0 Å². The lowest BCUT2D eigenvalue weighted by molar-refractivity contribution is -0.137. The van der Waals surface area contributed by atoms with Crippen molar-refractivity contribution in [2.75, 3.05) is 0 Å². The number of aromatic nitrogens is 2. The second-order valence-electron chi connectivity index (χ2n) is 4.96. The van der Waals surface area contributed by atoms with E-state index >= 15 is 0 Å². The fraction of sp³-hybridized carbons (Fsp3) is 0.583. The molecule has 0 spiro atoms. The lowest BCUT2D eigenvalue weighted by atomic mass is 10.2. The average molecular weight is 254 g/mol. The number of nitrogens with zero attached hydrogens (tertiary/aromatic N) is 2. The molecule has 0 aromatic carbocycles. The molecule has 6 heteroatoms. The van der Waals surface area contributed by atoms with Crippen LogP contribution in [0.3, 0.4) is 0 Å². The van der Waals surface area contributed by atoms with E-state index in [1.165, 1.54) is 0 Å². The van der Waals surface area contributed by atoms with Crippen LogP contribution in [-0.4, -0.2) is 32.4 Å². The van der Waals surface area contributed by atoms with Crippen molar-refractivity contribution in [1.29, 1.82) is 0 Å². The molecule has 100 valence electrons. The molecule has 6 nitrogen and oxygen atoms in total. The molecule has 0 bridgehead atoms. The summed E-state index contributed by atoms with van der Waals surface area (Å²) in [5.74, 6) is -1.31. The van der Waals surface area contributed by atoms with Gasteiger partial charge >= 0.3 is 11.9 Å². The fourth-order valence-electron chi connectivity index (χ4n) is 1.32. The van der Waals surface area contributed by atoms with Gasteiger partial charge in [-0.3, -0.25) is 9.48 Å². The van der Waals surface area contributed by atoms with Gasteiger partial charge in [0.15, 0.2) is 5.69 Å². The van der Waals surface area contributed by atoms with Crippen molar-refractivity contribution < 1.29 is 19.4 Å². The van der Waals surface area contributed by atoms with Crippen LogP contribution < -0.4 is 0 Å². The molecule has 0 atom stereocenters. The van der Waals surface area contributed by atoms with Gasteiger partial charge in [-0.05, 0) is 33.3 Å². The average Bonchev–Trinajstić information content (AvgIpc) is 2.63. The standard InChI is InChI=1S/C12H18N2O4/c1-12(2,3)18-11(17)9-6-8-14(13-9)7-4-5-10(15)16/h6,8H,4-5,7H2,1-3H3,(H,15,16). The molecule has 18 heavy (non-hydrogen) atoms. The van der Waals surface area contributed by atoms with Crippen LogP contribution >= 0.6 is 0 Å². The Balaban J connectivity index is 2.52. The molecule has 0 saturated heterocycles. The monoisotopic (exact) mass is 254 g/mol. The van der Waals surface area contributed by atoms with Gasteiger partial charge in [-0.2, -0.15) is 5.10 Å². The van der Waals surface area contributed by atoms with Gasteiger partial charge in [0.25, 0.3) is 0 Å². The molecule has 0 aliphatic rings. The largest absolute Gasteiger partial charge is 0.481 e. The number of aryl methyl sites for hydroxylation is 1. The van der Waals surface area contributed by atoms with Gasteiger partial charge in [-0.25, -0.2) is 4.79 Å². The second kappa shape index (κ2) is 5.66. The third-order valence-electron chi connectivity index (χ3n) is 2.03. The molecule has 0 aliphatic heterocycles. The summed E-state index contributed by atoms with van der Waals surface area (Å²) < 4.78 is 6.71. The number of hydrogen-bond acceptors (Lipinski definition) is 4. The zero-order valence-electron chi connectivity index (χ0n) is 10.8. The van der Waals surface area contributed by atoms with Crippen LogP contribution in [0.15, 0.2) is 12.3 Å². The zero-order chi connectivity index (χ0) is 13.8. The first-order chi connectivity index (χ1) is 8.28. The molecule has 0 fully saturated rings. The summed E-state index contributed by atoms with van der Waals surface area (Å²) in [5.41, 5.74) is -0.315. The number of hydrogen-bond donors (Lipinski definition) is 1. The maximum Gasteiger partial charge on any atom is 0.359 e. The van der Waals surface area contributed by atoms with E-state index in [1.807, 2.05) is 0 Å². The summed E-state index contributed by atoms with van der Waals surface area (Å²) in [6.45, 7) is 5.83. The predicted octanol–water partition coefficient (Wildman–Crippen LogP) is 1.70. The van der Waals surface area contributed by atoms with Crippen LogP contribution in [0.1, 0.15) is 44.1 Å². The third kappa shape index (κ3) is 4.99. The molecule has 1 heterocycles. The Labute approximate surface area is 106 Å². The Bertz CT molecular complexity index is 432. The van der Waals surface area contributed by atoms with Crippen molar-refractivity contribution in [1.82, 2.24) is 9.78 Å². The Hall–Kier alpha value is -1.85. The molecule has 0 amide bonds. The van der Waals surface area contributed by atoms with E-state index in [-0.39, 0.29) is 12.1 Å². The van der Waals surface area contributed by atoms with Gasteiger partial charge in [-0.15, -0.1) is 0 Å². The quantitative estimate of drug-likeness (QED) is 0.809. The molecule has 0 saturated carbocycles. The maximum atomic E-state index is 11.7. The number of ether oxygens (including phenoxy) is 1. The smallest absolute Gasteiger partial charge is 0.359 e. The van der Waals surface area contributed by atoms with E-state index < -0.39 is 17.5 Å². The summed E-state index contributed by atoms with van der Waals surface area (Å²) in [7, 11) is 0. The van der Waals surface area contributed by atoms with E-state index in [4.69, 9.17) is 9.84 Å². The topological polar surface area (TPSA) is 81.4 Å². The van der Waals surface area contributed by atoms with Gasteiger partial charge in [-0.1, -0.05) is 0 Å².